The second-order valence-corrected chi connectivity index (χ2v) is 3.64. The number of hydrogen-bond donors (Lipinski definition) is 1. The van der Waals surface area contributed by atoms with Crippen LogP contribution in [0.3, 0.4) is 0 Å². The molecule has 0 atom stereocenters. The first-order chi connectivity index (χ1) is 6.27. The predicted molar refractivity (Wildman–Crippen MR) is 48.9 cm³/mol. The lowest BCUT2D eigenvalue weighted by molar-refractivity contribution is -0.137. The summed E-state index contributed by atoms with van der Waals surface area (Å²) in [7, 11) is 0. The van der Waals surface area contributed by atoms with E-state index in [1.165, 1.54) is 18.7 Å². The average molecular weight is 182 g/mol. The van der Waals surface area contributed by atoms with Crippen molar-refractivity contribution in [2.24, 2.45) is 10.9 Å². The molecular formula is C9H14N2O2. The number of carbonyl (C=O) groups is 1. The van der Waals surface area contributed by atoms with E-state index in [2.05, 4.69) is 9.89 Å². The molecule has 1 aliphatic heterocycles. The van der Waals surface area contributed by atoms with Gasteiger partial charge in [-0.05, 0) is 12.8 Å². The van der Waals surface area contributed by atoms with Crippen LogP contribution in [-0.4, -0.2) is 41.4 Å². The Balaban J connectivity index is 1.85. The van der Waals surface area contributed by atoms with E-state index in [1.807, 2.05) is 0 Å². The number of amidine groups is 1. The lowest BCUT2D eigenvalue weighted by atomic mass is 10.3. The first kappa shape index (κ1) is 8.53. The van der Waals surface area contributed by atoms with Crippen LogP contribution >= 0.6 is 0 Å². The molecule has 72 valence electrons. The van der Waals surface area contributed by atoms with E-state index in [0.717, 1.165) is 13.1 Å². The minimum atomic E-state index is -0.720. The molecule has 0 spiro atoms. The van der Waals surface area contributed by atoms with Crippen molar-refractivity contribution in [3.63, 3.8) is 0 Å². The number of aliphatic imine (C=N–C) groups is 1. The SMILES string of the molecule is O=C(O)CCN1CCN=C1C1CC1. The van der Waals surface area contributed by atoms with Crippen LogP contribution in [0, 0.1) is 5.92 Å². The fourth-order valence-corrected chi connectivity index (χ4v) is 1.69. The molecule has 0 unspecified atom stereocenters. The average Bonchev–Trinajstić information content (AvgIpc) is 2.82. The normalized spacial score (nSPS) is 21.8. The topological polar surface area (TPSA) is 52.9 Å². The molecule has 2 rings (SSSR count). The van der Waals surface area contributed by atoms with Crippen LogP contribution in [0.4, 0.5) is 0 Å². The van der Waals surface area contributed by atoms with Crippen molar-refractivity contribution in [3.8, 4) is 0 Å². The first-order valence-electron chi connectivity index (χ1n) is 4.78. The zero-order valence-electron chi connectivity index (χ0n) is 7.57. The molecule has 1 fully saturated rings. The summed E-state index contributed by atoms with van der Waals surface area (Å²) in [5, 5.41) is 8.55. The van der Waals surface area contributed by atoms with Crippen LogP contribution in [-0.2, 0) is 4.79 Å². The Morgan fingerprint density at radius 2 is 2.38 bits per heavy atom. The minimum Gasteiger partial charge on any atom is -0.481 e. The highest BCUT2D eigenvalue weighted by Gasteiger charge is 2.33. The molecule has 1 N–H and O–H groups in total. The highest BCUT2D eigenvalue weighted by molar-refractivity contribution is 5.88. The Hall–Kier alpha value is -1.06. The molecule has 13 heavy (non-hydrogen) atoms. The molecule has 0 radical (unpaired) electrons. The van der Waals surface area contributed by atoms with Gasteiger partial charge in [0.1, 0.15) is 5.84 Å². The van der Waals surface area contributed by atoms with Crippen LogP contribution in [0.1, 0.15) is 19.3 Å². The maximum atomic E-state index is 10.4. The van der Waals surface area contributed by atoms with E-state index in [1.54, 1.807) is 0 Å². The molecule has 4 heteroatoms. The Kier molecular flexibility index (Phi) is 2.20. The van der Waals surface area contributed by atoms with E-state index in [-0.39, 0.29) is 6.42 Å². The fraction of sp³-hybridized carbons (Fsp3) is 0.778. The largest absolute Gasteiger partial charge is 0.481 e. The number of aliphatic carboxylic acids is 1. The Morgan fingerprint density at radius 1 is 1.62 bits per heavy atom. The number of carboxylic acid groups (broad SMARTS) is 1. The van der Waals surface area contributed by atoms with Crippen LogP contribution in [0.25, 0.3) is 0 Å². The molecule has 0 aromatic rings. The quantitative estimate of drug-likeness (QED) is 0.692. The molecule has 4 nitrogen and oxygen atoms in total. The zero-order chi connectivity index (χ0) is 9.26. The minimum absolute atomic E-state index is 0.228. The van der Waals surface area contributed by atoms with Crippen LogP contribution in [0.15, 0.2) is 4.99 Å². The first-order valence-corrected chi connectivity index (χ1v) is 4.78. The maximum Gasteiger partial charge on any atom is 0.305 e. The van der Waals surface area contributed by atoms with Gasteiger partial charge in [-0.1, -0.05) is 0 Å². The van der Waals surface area contributed by atoms with Gasteiger partial charge < -0.3 is 10.0 Å². The molecule has 0 bridgehead atoms. The van der Waals surface area contributed by atoms with Crippen molar-refractivity contribution in [1.82, 2.24) is 4.90 Å². The lowest BCUT2D eigenvalue weighted by Gasteiger charge is -2.18. The molecule has 1 heterocycles. The fourth-order valence-electron chi connectivity index (χ4n) is 1.69. The maximum absolute atomic E-state index is 10.4. The van der Waals surface area contributed by atoms with Gasteiger partial charge in [-0.2, -0.15) is 0 Å². The van der Waals surface area contributed by atoms with Crippen molar-refractivity contribution in [1.29, 1.82) is 0 Å². The van der Waals surface area contributed by atoms with Gasteiger partial charge in [0.2, 0.25) is 0 Å². The molecule has 0 amide bonds. The monoisotopic (exact) mass is 182 g/mol. The van der Waals surface area contributed by atoms with Gasteiger partial charge in [-0.25, -0.2) is 0 Å². The summed E-state index contributed by atoms with van der Waals surface area (Å²) >= 11 is 0. The summed E-state index contributed by atoms with van der Waals surface area (Å²) in [6, 6.07) is 0. The van der Waals surface area contributed by atoms with Gasteiger partial charge >= 0.3 is 5.97 Å². The molecule has 2 aliphatic rings. The van der Waals surface area contributed by atoms with Crippen molar-refractivity contribution in [2.45, 2.75) is 19.3 Å². The summed E-state index contributed by atoms with van der Waals surface area (Å²) in [5.41, 5.74) is 0. The summed E-state index contributed by atoms with van der Waals surface area (Å²) in [6.07, 6.45) is 2.70. The number of hydrogen-bond acceptors (Lipinski definition) is 3. The summed E-state index contributed by atoms with van der Waals surface area (Å²) in [4.78, 5) is 16.9. The van der Waals surface area contributed by atoms with Crippen LogP contribution < -0.4 is 0 Å². The van der Waals surface area contributed by atoms with Crippen molar-refractivity contribution >= 4 is 11.8 Å². The molecule has 0 aromatic heterocycles. The molecular weight excluding hydrogens is 168 g/mol. The van der Waals surface area contributed by atoms with Crippen molar-refractivity contribution < 1.29 is 9.90 Å². The molecule has 1 saturated carbocycles. The van der Waals surface area contributed by atoms with E-state index in [0.29, 0.717) is 12.5 Å². The van der Waals surface area contributed by atoms with E-state index < -0.39 is 5.97 Å². The van der Waals surface area contributed by atoms with Gasteiger partial charge in [0.05, 0.1) is 13.0 Å². The second-order valence-electron chi connectivity index (χ2n) is 3.64. The summed E-state index contributed by atoms with van der Waals surface area (Å²) < 4.78 is 0. The summed E-state index contributed by atoms with van der Waals surface area (Å²) in [5.74, 6) is 1.10. The Morgan fingerprint density at radius 3 is 3.00 bits per heavy atom. The number of nitrogens with zero attached hydrogens (tertiary/aromatic N) is 2. The van der Waals surface area contributed by atoms with Crippen molar-refractivity contribution in [2.75, 3.05) is 19.6 Å². The third-order valence-corrected chi connectivity index (χ3v) is 2.51. The number of rotatable bonds is 4. The van der Waals surface area contributed by atoms with Gasteiger partial charge in [0.25, 0.3) is 0 Å². The zero-order valence-corrected chi connectivity index (χ0v) is 7.57. The highest BCUT2D eigenvalue weighted by atomic mass is 16.4. The molecule has 1 aliphatic carbocycles. The van der Waals surface area contributed by atoms with Gasteiger partial charge in [0.15, 0.2) is 0 Å². The van der Waals surface area contributed by atoms with E-state index in [9.17, 15) is 4.79 Å². The third-order valence-electron chi connectivity index (χ3n) is 2.51. The molecule has 0 aromatic carbocycles. The van der Waals surface area contributed by atoms with E-state index >= 15 is 0 Å². The smallest absolute Gasteiger partial charge is 0.305 e. The second kappa shape index (κ2) is 3.36. The van der Waals surface area contributed by atoms with Gasteiger partial charge in [-0.3, -0.25) is 9.79 Å². The van der Waals surface area contributed by atoms with Crippen LogP contribution in [0.2, 0.25) is 0 Å². The van der Waals surface area contributed by atoms with Crippen molar-refractivity contribution in [3.05, 3.63) is 0 Å². The van der Waals surface area contributed by atoms with Crippen LogP contribution in [0.5, 0.6) is 0 Å². The van der Waals surface area contributed by atoms with E-state index in [4.69, 9.17) is 5.11 Å². The third kappa shape index (κ3) is 1.99. The Labute approximate surface area is 77.3 Å². The predicted octanol–water partition coefficient (Wildman–Crippen LogP) is 0.585. The summed E-state index contributed by atoms with van der Waals surface area (Å²) in [6.45, 7) is 2.40. The highest BCUT2D eigenvalue weighted by Crippen LogP contribution is 2.33. The van der Waals surface area contributed by atoms with Gasteiger partial charge in [-0.15, -0.1) is 0 Å². The Bertz CT molecular complexity index is 246. The lowest BCUT2D eigenvalue weighted by Crippen LogP contribution is -2.31. The number of carboxylic acids is 1. The van der Waals surface area contributed by atoms with Gasteiger partial charge in [0, 0.05) is 19.0 Å². The standard InChI is InChI=1S/C9H14N2O2/c12-8(13)3-5-11-6-4-10-9(11)7-1-2-7/h7H,1-6H2,(H,12,13). The molecule has 0 saturated heterocycles.